The molecule has 0 unspecified atom stereocenters. The first-order valence-corrected chi connectivity index (χ1v) is 9.19. The van der Waals surface area contributed by atoms with Gasteiger partial charge in [0.2, 0.25) is 0 Å². The van der Waals surface area contributed by atoms with Crippen LogP contribution in [0.15, 0.2) is 24.3 Å². The van der Waals surface area contributed by atoms with Gasteiger partial charge in [-0.3, -0.25) is 9.59 Å². The summed E-state index contributed by atoms with van der Waals surface area (Å²) in [4.78, 5) is 30.0. The summed E-state index contributed by atoms with van der Waals surface area (Å²) in [5, 5.41) is 27.9. The molecule has 0 atom stereocenters. The molecule has 4 N–H and O–H groups in total. The normalized spacial score (nSPS) is 13.2. The quantitative estimate of drug-likeness (QED) is 0.527. The van der Waals surface area contributed by atoms with E-state index in [1.165, 1.54) is 12.8 Å². The SMILES string of the molecule is O=C(O)CCC(=O)O.O=C(O)c1ccc(OCCC2CCNCC2)cc1.[CH2]C. The molecule has 1 heterocycles. The van der Waals surface area contributed by atoms with Gasteiger partial charge in [-0.15, -0.1) is 0 Å². The van der Waals surface area contributed by atoms with Gasteiger partial charge in [-0.25, -0.2) is 4.79 Å². The third-order valence-corrected chi connectivity index (χ3v) is 3.91. The van der Waals surface area contributed by atoms with E-state index in [0.717, 1.165) is 31.2 Å². The second kappa shape index (κ2) is 15.4. The van der Waals surface area contributed by atoms with Crippen LogP contribution in [0.4, 0.5) is 0 Å². The Morgan fingerprint density at radius 1 is 1.00 bits per heavy atom. The predicted octanol–water partition coefficient (Wildman–Crippen LogP) is 2.93. The monoisotopic (exact) mass is 396 g/mol. The van der Waals surface area contributed by atoms with Crippen LogP contribution in [0.2, 0.25) is 0 Å². The number of piperidine rings is 1. The number of nitrogens with one attached hydrogen (secondary N) is 1. The van der Waals surface area contributed by atoms with E-state index in [4.69, 9.17) is 20.1 Å². The summed E-state index contributed by atoms with van der Waals surface area (Å²) in [5.41, 5.74) is 0.292. The number of aromatic carboxylic acids is 1. The number of carbonyl (C=O) groups is 3. The van der Waals surface area contributed by atoms with Crippen molar-refractivity contribution in [1.29, 1.82) is 0 Å². The summed E-state index contributed by atoms with van der Waals surface area (Å²) < 4.78 is 5.63. The average molecular weight is 396 g/mol. The zero-order chi connectivity index (χ0) is 21.4. The molecule has 2 rings (SSSR count). The molecule has 28 heavy (non-hydrogen) atoms. The van der Waals surface area contributed by atoms with E-state index in [1.807, 2.05) is 0 Å². The fourth-order valence-corrected chi connectivity index (χ4v) is 2.42. The molecule has 1 aromatic carbocycles. The molecule has 0 spiro atoms. The topological polar surface area (TPSA) is 133 Å². The molecule has 1 aliphatic heterocycles. The number of aliphatic carboxylic acids is 2. The van der Waals surface area contributed by atoms with Gasteiger partial charge in [-0.05, 0) is 62.5 Å². The van der Waals surface area contributed by atoms with Crippen LogP contribution >= 0.6 is 0 Å². The number of carboxylic acids is 3. The Bertz CT molecular complexity index is 567. The highest BCUT2D eigenvalue weighted by Gasteiger charge is 2.12. The Balaban J connectivity index is 0.000000618. The highest BCUT2D eigenvalue weighted by atomic mass is 16.5. The minimum Gasteiger partial charge on any atom is -0.494 e. The second-order valence-electron chi connectivity index (χ2n) is 5.95. The van der Waals surface area contributed by atoms with Gasteiger partial charge >= 0.3 is 17.9 Å². The standard InChI is InChI=1S/C14H19NO3.C4H6O4.C2H5/c16-14(17)12-1-3-13(4-2-12)18-10-7-11-5-8-15-9-6-11;5-3(6)1-2-4(7)8;1-2/h1-4,11,15H,5-10H2,(H,16,17);1-2H2,(H,5,6)(H,7,8);1H2,2H3. The molecule has 0 saturated carbocycles. The Hall–Kier alpha value is -2.61. The first kappa shape index (κ1) is 25.4. The van der Waals surface area contributed by atoms with Crippen LogP contribution < -0.4 is 10.1 Å². The number of benzene rings is 1. The van der Waals surface area contributed by atoms with E-state index in [-0.39, 0.29) is 12.8 Å². The van der Waals surface area contributed by atoms with Gasteiger partial charge in [0.15, 0.2) is 0 Å². The van der Waals surface area contributed by atoms with Crippen molar-refractivity contribution in [2.75, 3.05) is 19.7 Å². The largest absolute Gasteiger partial charge is 0.494 e. The lowest BCUT2D eigenvalue weighted by molar-refractivity contribution is -0.143. The number of ether oxygens (including phenoxy) is 1. The Labute approximate surface area is 165 Å². The number of rotatable bonds is 8. The van der Waals surface area contributed by atoms with Crippen molar-refractivity contribution in [2.24, 2.45) is 5.92 Å². The molecule has 1 aromatic rings. The summed E-state index contributed by atoms with van der Waals surface area (Å²) in [5.74, 6) is -1.56. The van der Waals surface area contributed by atoms with Crippen LogP contribution in [0.5, 0.6) is 5.75 Å². The van der Waals surface area contributed by atoms with Crippen molar-refractivity contribution < 1.29 is 34.4 Å². The van der Waals surface area contributed by atoms with Crippen LogP contribution in [0, 0.1) is 12.8 Å². The van der Waals surface area contributed by atoms with Gasteiger partial charge in [0.1, 0.15) is 5.75 Å². The fourth-order valence-electron chi connectivity index (χ4n) is 2.42. The summed E-state index contributed by atoms with van der Waals surface area (Å²) in [6.45, 7) is 7.92. The molecule has 157 valence electrons. The zero-order valence-corrected chi connectivity index (χ0v) is 16.2. The first-order chi connectivity index (χ1) is 13.4. The van der Waals surface area contributed by atoms with Crippen molar-refractivity contribution in [1.82, 2.24) is 5.32 Å². The van der Waals surface area contributed by atoms with E-state index in [1.54, 1.807) is 31.2 Å². The molecule has 0 bridgehead atoms. The maximum Gasteiger partial charge on any atom is 0.335 e. The molecule has 1 radical (unpaired) electrons. The van der Waals surface area contributed by atoms with Gasteiger partial charge in [0, 0.05) is 0 Å². The number of carboxylic acid groups (broad SMARTS) is 3. The summed E-state index contributed by atoms with van der Waals surface area (Å²) in [7, 11) is 0. The van der Waals surface area contributed by atoms with Crippen LogP contribution in [-0.2, 0) is 9.59 Å². The van der Waals surface area contributed by atoms with Gasteiger partial charge in [0.05, 0.1) is 25.0 Å². The van der Waals surface area contributed by atoms with E-state index >= 15 is 0 Å². The van der Waals surface area contributed by atoms with E-state index in [0.29, 0.717) is 12.2 Å². The molecule has 0 aliphatic carbocycles. The van der Waals surface area contributed by atoms with Crippen molar-refractivity contribution in [3.63, 3.8) is 0 Å². The minimum atomic E-state index is -1.08. The Morgan fingerprint density at radius 2 is 1.50 bits per heavy atom. The summed E-state index contributed by atoms with van der Waals surface area (Å²) >= 11 is 0. The first-order valence-electron chi connectivity index (χ1n) is 9.19. The number of hydrogen-bond acceptors (Lipinski definition) is 5. The maximum atomic E-state index is 10.7. The molecule has 1 saturated heterocycles. The van der Waals surface area contributed by atoms with E-state index in [9.17, 15) is 14.4 Å². The smallest absolute Gasteiger partial charge is 0.335 e. The van der Waals surface area contributed by atoms with Crippen LogP contribution in [-0.4, -0.2) is 52.9 Å². The van der Waals surface area contributed by atoms with Crippen LogP contribution in [0.25, 0.3) is 0 Å². The van der Waals surface area contributed by atoms with Crippen LogP contribution in [0.1, 0.15) is 49.4 Å². The lowest BCUT2D eigenvalue weighted by Crippen LogP contribution is -2.28. The lowest BCUT2D eigenvalue weighted by atomic mass is 9.95. The maximum absolute atomic E-state index is 10.7. The molecule has 0 amide bonds. The third kappa shape index (κ3) is 12.7. The van der Waals surface area contributed by atoms with Gasteiger partial charge in [0.25, 0.3) is 0 Å². The molecular weight excluding hydrogens is 366 g/mol. The average Bonchev–Trinajstić information content (AvgIpc) is 2.70. The third-order valence-electron chi connectivity index (χ3n) is 3.91. The lowest BCUT2D eigenvalue weighted by Gasteiger charge is -2.22. The van der Waals surface area contributed by atoms with Gasteiger partial charge in [-0.1, -0.05) is 13.8 Å². The molecule has 1 fully saturated rings. The predicted molar refractivity (Wildman–Crippen MR) is 105 cm³/mol. The highest BCUT2D eigenvalue weighted by Crippen LogP contribution is 2.17. The summed E-state index contributed by atoms with van der Waals surface area (Å²) in [6.07, 6.45) is 2.93. The van der Waals surface area contributed by atoms with Gasteiger partial charge in [-0.2, -0.15) is 0 Å². The molecule has 8 nitrogen and oxygen atoms in total. The molecular formula is C20H30NO7. The Morgan fingerprint density at radius 3 is 1.93 bits per heavy atom. The van der Waals surface area contributed by atoms with Crippen molar-refractivity contribution in [2.45, 2.75) is 39.0 Å². The molecule has 0 aromatic heterocycles. The number of hydrogen-bond donors (Lipinski definition) is 4. The van der Waals surface area contributed by atoms with Crippen molar-refractivity contribution in [3.05, 3.63) is 36.8 Å². The fraction of sp³-hybridized carbons (Fsp3) is 0.500. The second-order valence-corrected chi connectivity index (χ2v) is 5.95. The van der Waals surface area contributed by atoms with Crippen LogP contribution in [0.3, 0.4) is 0 Å². The molecule has 8 heteroatoms. The highest BCUT2D eigenvalue weighted by molar-refractivity contribution is 5.87. The van der Waals surface area contributed by atoms with E-state index < -0.39 is 17.9 Å². The summed E-state index contributed by atoms with van der Waals surface area (Å²) in [6, 6.07) is 6.57. The van der Waals surface area contributed by atoms with Gasteiger partial charge < -0.3 is 25.4 Å². The minimum absolute atomic E-state index is 0.292. The van der Waals surface area contributed by atoms with E-state index in [2.05, 4.69) is 12.2 Å². The van der Waals surface area contributed by atoms with Crippen molar-refractivity contribution in [3.8, 4) is 5.75 Å². The zero-order valence-electron chi connectivity index (χ0n) is 16.2. The van der Waals surface area contributed by atoms with Crippen molar-refractivity contribution >= 4 is 17.9 Å². The Kier molecular flexibility index (Phi) is 14.0. The molecule has 1 aliphatic rings.